The summed E-state index contributed by atoms with van der Waals surface area (Å²) in [5, 5.41) is 20.4. The van der Waals surface area contributed by atoms with E-state index in [-0.39, 0.29) is 0 Å². The van der Waals surface area contributed by atoms with E-state index in [9.17, 15) is 15.2 Å². The summed E-state index contributed by atoms with van der Waals surface area (Å²) in [7, 11) is 0. The Hall–Kier alpha value is -4.09. The molecule has 0 bridgehead atoms. The van der Waals surface area contributed by atoms with E-state index in [1.165, 1.54) is 6.20 Å². The van der Waals surface area contributed by atoms with Crippen LogP contribution < -0.4 is 9.47 Å². The van der Waals surface area contributed by atoms with E-state index >= 15 is 0 Å². The van der Waals surface area contributed by atoms with Crippen LogP contribution in [0.15, 0.2) is 54.9 Å². The lowest BCUT2D eigenvalue weighted by atomic mass is 10.1. The number of benzene rings is 2. The van der Waals surface area contributed by atoms with Crippen molar-refractivity contribution in [3.8, 4) is 23.3 Å². The Kier molecular flexibility index (Phi) is 6.95. The standard InChI is InChI=1S/C26H26N4O4/c1-3-29(4-2)11-5-13-33-25-16-22-21(15-19(25)17-27)24(8-10-28-22)34-20-6-7-23-18(14-20)9-12-30(23)26(31)32/h6-10,12,14-16H,3-5,11,13H2,1-2H3,(H,31,32). The zero-order chi connectivity index (χ0) is 24.1. The van der Waals surface area contributed by atoms with E-state index in [2.05, 4.69) is 29.8 Å². The highest BCUT2D eigenvalue weighted by molar-refractivity contribution is 5.90. The van der Waals surface area contributed by atoms with Gasteiger partial charge in [-0.05, 0) is 55.9 Å². The fourth-order valence-corrected chi connectivity index (χ4v) is 3.93. The molecule has 4 aromatic rings. The predicted molar refractivity (Wildman–Crippen MR) is 130 cm³/mol. The largest absolute Gasteiger partial charge is 0.492 e. The minimum atomic E-state index is -1.04. The van der Waals surface area contributed by atoms with Gasteiger partial charge in [0.1, 0.15) is 23.3 Å². The lowest BCUT2D eigenvalue weighted by Crippen LogP contribution is -2.25. The van der Waals surface area contributed by atoms with Gasteiger partial charge in [0.05, 0.1) is 23.2 Å². The second-order valence-electron chi connectivity index (χ2n) is 7.81. The van der Waals surface area contributed by atoms with Gasteiger partial charge < -0.3 is 19.5 Å². The molecular formula is C26H26N4O4. The number of pyridine rings is 1. The lowest BCUT2D eigenvalue weighted by molar-refractivity contribution is 0.197. The molecule has 0 fully saturated rings. The molecule has 2 aromatic carbocycles. The quantitative estimate of drug-likeness (QED) is 0.331. The summed E-state index contributed by atoms with van der Waals surface area (Å²) in [4.78, 5) is 18.1. The van der Waals surface area contributed by atoms with Crippen LogP contribution in [0.25, 0.3) is 21.8 Å². The number of carboxylic acid groups (broad SMARTS) is 1. The van der Waals surface area contributed by atoms with E-state index in [0.29, 0.717) is 45.8 Å². The van der Waals surface area contributed by atoms with Gasteiger partial charge in [-0.25, -0.2) is 4.79 Å². The molecule has 1 N–H and O–H groups in total. The first-order chi connectivity index (χ1) is 16.5. The highest BCUT2D eigenvalue weighted by Gasteiger charge is 2.13. The van der Waals surface area contributed by atoms with Gasteiger partial charge in [0.2, 0.25) is 0 Å². The maximum atomic E-state index is 11.3. The van der Waals surface area contributed by atoms with Crippen molar-refractivity contribution in [1.29, 1.82) is 5.26 Å². The van der Waals surface area contributed by atoms with Gasteiger partial charge in [0.25, 0.3) is 0 Å². The molecule has 0 aliphatic rings. The Morgan fingerprint density at radius 1 is 1.15 bits per heavy atom. The Balaban J connectivity index is 1.57. The fourth-order valence-electron chi connectivity index (χ4n) is 3.93. The summed E-state index contributed by atoms with van der Waals surface area (Å²) >= 11 is 0. The van der Waals surface area contributed by atoms with Crippen molar-refractivity contribution in [1.82, 2.24) is 14.5 Å². The number of aromatic nitrogens is 2. The molecule has 0 amide bonds. The normalized spacial score (nSPS) is 11.1. The third-order valence-electron chi connectivity index (χ3n) is 5.79. The number of hydrogen-bond donors (Lipinski definition) is 1. The van der Waals surface area contributed by atoms with Crippen LogP contribution in [0, 0.1) is 11.3 Å². The van der Waals surface area contributed by atoms with Crippen LogP contribution >= 0.6 is 0 Å². The van der Waals surface area contributed by atoms with Crippen LogP contribution in [-0.4, -0.2) is 51.9 Å². The molecule has 0 saturated carbocycles. The second-order valence-corrected chi connectivity index (χ2v) is 7.81. The summed E-state index contributed by atoms with van der Waals surface area (Å²) < 4.78 is 13.2. The zero-order valence-corrected chi connectivity index (χ0v) is 19.2. The molecule has 8 nitrogen and oxygen atoms in total. The molecule has 8 heteroatoms. The first-order valence-corrected chi connectivity index (χ1v) is 11.2. The molecule has 0 aliphatic carbocycles. The van der Waals surface area contributed by atoms with Gasteiger partial charge in [-0.15, -0.1) is 0 Å². The summed E-state index contributed by atoms with van der Waals surface area (Å²) in [6, 6.07) is 14.4. The summed E-state index contributed by atoms with van der Waals surface area (Å²) in [6.07, 6.45) is 2.97. The van der Waals surface area contributed by atoms with Crippen LogP contribution in [-0.2, 0) is 0 Å². The van der Waals surface area contributed by atoms with Gasteiger partial charge >= 0.3 is 6.09 Å². The maximum Gasteiger partial charge on any atom is 0.415 e. The summed E-state index contributed by atoms with van der Waals surface area (Å²) in [5.74, 6) is 1.61. The highest BCUT2D eigenvalue weighted by Crippen LogP contribution is 2.34. The summed E-state index contributed by atoms with van der Waals surface area (Å²) in [6.45, 7) is 7.73. The first-order valence-electron chi connectivity index (χ1n) is 11.2. The Morgan fingerprint density at radius 3 is 2.71 bits per heavy atom. The first kappa shape index (κ1) is 23.1. The number of hydrogen-bond acceptors (Lipinski definition) is 6. The van der Waals surface area contributed by atoms with Crippen LogP contribution in [0.4, 0.5) is 4.79 Å². The van der Waals surface area contributed by atoms with Gasteiger partial charge in [0.15, 0.2) is 0 Å². The predicted octanol–water partition coefficient (Wildman–Crippen LogP) is 5.49. The highest BCUT2D eigenvalue weighted by atomic mass is 16.5. The molecular weight excluding hydrogens is 432 g/mol. The number of carbonyl (C=O) groups is 1. The molecule has 2 aromatic heterocycles. The van der Waals surface area contributed by atoms with Crippen molar-refractivity contribution in [2.75, 3.05) is 26.2 Å². The maximum absolute atomic E-state index is 11.3. The van der Waals surface area contributed by atoms with Gasteiger partial charge in [-0.1, -0.05) is 13.8 Å². The molecule has 174 valence electrons. The summed E-state index contributed by atoms with van der Waals surface area (Å²) in [5.41, 5.74) is 1.66. The Labute approximate surface area is 197 Å². The van der Waals surface area contributed by atoms with Gasteiger partial charge in [-0.2, -0.15) is 5.26 Å². The van der Waals surface area contributed by atoms with Crippen molar-refractivity contribution < 1.29 is 19.4 Å². The topological polar surface area (TPSA) is 101 Å². The number of fused-ring (bicyclic) bond motifs is 2. The van der Waals surface area contributed by atoms with Crippen LogP contribution in [0.5, 0.6) is 17.2 Å². The number of nitriles is 1. The molecule has 0 aliphatic heterocycles. The molecule has 0 unspecified atom stereocenters. The number of ether oxygens (including phenoxy) is 2. The van der Waals surface area contributed by atoms with Gasteiger partial charge in [-0.3, -0.25) is 9.55 Å². The molecule has 0 radical (unpaired) electrons. The lowest BCUT2D eigenvalue weighted by Gasteiger charge is -2.18. The minimum absolute atomic E-state index is 0.419. The van der Waals surface area contributed by atoms with E-state index in [0.717, 1.165) is 36.0 Å². The third-order valence-corrected chi connectivity index (χ3v) is 5.79. The number of rotatable bonds is 9. The van der Waals surface area contributed by atoms with Crippen LogP contribution in [0.3, 0.4) is 0 Å². The molecule has 0 spiro atoms. The number of nitrogens with zero attached hydrogens (tertiary/aromatic N) is 4. The van der Waals surface area contributed by atoms with Crippen molar-refractivity contribution in [2.24, 2.45) is 0 Å². The third kappa shape index (κ3) is 4.80. The van der Waals surface area contributed by atoms with Crippen LogP contribution in [0.1, 0.15) is 25.8 Å². The van der Waals surface area contributed by atoms with E-state index in [1.54, 1.807) is 48.7 Å². The van der Waals surface area contributed by atoms with E-state index in [4.69, 9.17) is 9.47 Å². The van der Waals surface area contributed by atoms with Crippen molar-refractivity contribution in [3.63, 3.8) is 0 Å². The van der Waals surface area contributed by atoms with E-state index < -0.39 is 6.09 Å². The van der Waals surface area contributed by atoms with Crippen molar-refractivity contribution >= 4 is 27.9 Å². The average Bonchev–Trinajstić information content (AvgIpc) is 3.27. The molecule has 34 heavy (non-hydrogen) atoms. The molecule has 0 atom stereocenters. The Morgan fingerprint density at radius 2 is 1.97 bits per heavy atom. The van der Waals surface area contributed by atoms with E-state index in [1.807, 2.05) is 0 Å². The average molecular weight is 459 g/mol. The monoisotopic (exact) mass is 458 g/mol. The zero-order valence-electron chi connectivity index (χ0n) is 19.2. The SMILES string of the molecule is CCN(CC)CCCOc1cc2nccc(Oc3ccc4c(ccn4C(=O)O)c3)c2cc1C#N. The molecule has 0 saturated heterocycles. The Bertz CT molecular complexity index is 1370. The second kappa shape index (κ2) is 10.2. The van der Waals surface area contributed by atoms with Crippen molar-refractivity contribution in [2.45, 2.75) is 20.3 Å². The van der Waals surface area contributed by atoms with Gasteiger partial charge in [0, 0.05) is 35.8 Å². The molecule has 4 rings (SSSR count). The molecule has 2 heterocycles. The van der Waals surface area contributed by atoms with Crippen LogP contribution in [0.2, 0.25) is 0 Å². The fraction of sp³-hybridized carbons (Fsp3) is 0.269. The van der Waals surface area contributed by atoms with Crippen molar-refractivity contribution in [3.05, 3.63) is 60.4 Å². The smallest absolute Gasteiger partial charge is 0.415 e. The minimum Gasteiger partial charge on any atom is -0.492 e.